The molecule has 8 atom stereocenters. The lowest BCUT2D eigenvalue weighted by atomic mass is 9.44. The Kier molecular flexibility index (Phi) is 4.37. The third-order valence-corrected chi connectivity index (χ3v) is 10.2. The summed E-state index contributed by atoms with van der Waals surface area (Å²) < 4.78 is 0. The van der Waals surface area contributed by atoms with E-state index in [4.69, 9.17) is 0 Å². The van der Waals surface area contributed by atoms with Crippen LogP contribution < -0.4 is 0 Å². The Morgan fingerprint density at radius 1 is 0.833 bits per heavy atom. The Balaban J connectivity index is 1.58. The van der Waals surface area contributed by atoms with E-state index in [2.05, 4.69) is 34.6 Å². The topological polar surface area (TPSA) is 0 Å². The average molecular weight is 331 g/mol. The highest BCUT2D eigenvalue weighted by atomic mass is 14.6. The van der Waals surface area contributed by atoms with Crippen molar-refractivity contribution in [2.45, 2.75) is 98.8 Å². The third-order valence-electron chi connectivity index (χ3n) is 10.2. The van der Waals surface area contributed by atoms with Crippen molar-refractivity contribution in [3.05, 3.63) is 0 Å². The van der Waals surface area contributed by atoms with Crippen LogP contribution in [0, 0.1) is 52.3 Å². The molecular formula is C24H42. The maximum atomic E-state index is 2.73. The maximum Gasteiger partial charge on any atom is -0.0264 e. The Hall–Kier alpha value is 0. The van der Waals surface area contributed by atoms with E-state index in [-0.39, 0.29) is 0 Å². The molecule has 0 aliphatic heterocycles. The van der Waals surface area contributed by atoms with Gasteiger partial charge in [0.1, 0.15) is 0 Å². The van der Waals surface area contributed by atoms with Gasteiger partial charge >= 0.3 is 0 Å². The van der Waals surface area contributed by atoms with E-state index < -0.39 is 0 Å². The summed E-state index contributed by atoms with van der Waals surface area (Å²) in [7, 11) is 0. The molecule has 4 fully saturated rings. The molecule has 0 amide bonds. The zero-order valence-electron chi connectivity index (χ0n) is 17.1. The van der Waals surface area contributed by atoms with Gasteiger partial charge in [-0.3, -0.25) is 0 Å². The van der Waals surface area contributed by atoms with E-state index in [1.807, 2.05) is 0 Å². The molecule has 0 N–H and O–H groups in total. The van der Waals surface area contributed by atoms with Crippen molar-refractivity contribution in [3.63, 3.8) is 0 Å². The SMILES string of the molecule is CCC1CCC2(C)C(CCC3C2CCC2(C)C(C(C)C)CCC32)C1. The monoisotopic (exact) mass is 330 g/mol. The van der Waals surface area contributed by atoms with Crippen molar-refractivity contribution in [1.29, 1.82) is 0 Å². The number of fused-ring (bicyclic) bond motifs is 5. The van der Waals surface area contributed by atoms with Gasteiger partial charge in [-0.1, -0.05) is 41.0 Å². The van der Waals surface area contributed by atoms with E-state index in [0.717, 1.165) is 41.4 Å². The van der Waals surface area contributed by atoms with E-state index in [9.17, 15) is 0 Å². The van der Waals surface area contributed by atoms with Gasteiger partial charge in [-0.05, 0) is 110 Å². The first kappa shape index (κ1) is 17.4. The van der Waals surface area contributed by atoms with Crippen LogP contribution in [0.25, 0.3) is 0 Å². The lowest BCUT2D eigenvalue weighted by Crippen LogP contribution is -2.53. The highest BCUT2D eigenvalue weighted by Gasteiger charge is 2.60. The van der Waals surface area contributed by atoms with Gasteiger partial charge in [-0.15, -0.1) is 0 Å². The molecule has 4 rings (SSSR count). The second kappa shape index (κ2) is 6.02. The van der Waals surface area contributed by atoms with Gasteiger partial charge in [0.15, 0.2) is 0 Å². The van der Waals surface area contributed by atoms with Gasteiger partial charge in [0, 0.05) is 0 Å². The fourth-order valence-corrected chi connectivity index (χ4v) is 8.85. The van der Waals surface area contributed by atoms with Crippen molar-refractivity contribution < 1.29 is 0 Å². The smallest absolute Gasteiger partial charge is 0.0264 e. The lowest BCUT2D eigenvalue weighted by molar-refractivity contribution is -0.120. The van der Waals surface area contributed by atoms with Gasteiger partial charge in [-0.25, -0.2) is 0 Å². The molecular weight excluding hydrogens is 288 g/mol. The molecule has 138 valence electrons. The minimum atomic E-state index is 0.680. The van der Waals surface area contributed by atoms with Crippen LogP contribution in [0.15, 0.2) is 0 Å². The van der Waals surface area contributed by atoms with Crippen molar-refractivity contribution >= 4 is 0 Å². The summed E-state index contributed by atoms with van der Waals surface area (Å²) in [6, 6.07) is 0. The van der Waals surface area contributed by atoms with Crippen LogP contribution in [-0.4, -0.2) is 0 Å². The molecule has 0 nitrogen and oxygen atoms in total. The summed E-state index contributed by atoms with van der Waals surface area (Å²) in [6.07, 6.45) is 15.4. The summed E-state index contributed by atoms with van der Waals surface area (Å²) in [5.41, 5.74) is 1.38. The van der Waals surface area contributed by atoms with Crippen molar-refractivity contribution in [1.82, 2.24) is 0 Å². The molecule has 8 unspecified atom stereocenters. The van der Waals surface area contributed by atoms with Crippen LogP contribution in [-0.2, 0) is 0 Å². The average Bonchev–Trinajstić information content (AvgIpc) is 2.91. The first-order valence-electron chi connectivity index (χ1n) is 11.4. The molecule has 0 saturated heterocycles. The third kappa shape index (κ3) is 2.37. The minimum Gasteiger partial charge on any atom is -0.0651 e. The minimum absolute atomic E-state index is 0.680. The molecule has 4 saturated carbocycles. The van der Waals surface area contributed by atoms with Crippen molar-refractivity contribution in [2.75, 3.05) is 0 Å². The lowest BCUT2D eigenvalue weighted by Gasteiger charge is -2.61. The summed E-state index contributed by atoms with van der Waals surface area (Å²) >= 11 is 0. The summed E-state index contributed by atoms with van der Waals surface area (Å²) in [6.45, 7) is 12.9. The van der Waals surface area contributed by atoms with Crippen LogP contribution >= 0.6 is 0 Å². The maximum absolute atomic E-state index is 2.73. The summed E-state index contributed by atoms with van der Waals surface area (Å²) in [4.78, 5) is 0. The summed E-state index contributed by atoms with van der Waals surface area (Å²) in [5, 5.41) is 0. The molecule has 4 aliphatic carbocycles. The Labute approximate surface area is 151 Å². The molecule has 4 aliphatic rings. The zero-order chi connectivity index (χ0) is 17.1. The van der Waals surface area contributed by atoms with Crippen LogP contribution in [0.2, 0.25) is 0 Å². The first-order chi connectivity index (χ1) is 11.4. The van der Waals surface area contributed by atoms with Gasteiger partial charge in [0.25, 0.3) is 0 Å². The normalized spacial score (nSPS) is 54.2. The predicted octanol–water partition coefficient (Wildman–Crippen LogP) is 7.33. The quantitative estimate of drug-likeness (QED) is 0.497. The van der Waals surface area contributed by atoms with Crippen LogP contribution in [0.5, 0.6) is 0 Å². The molecule has 0 bridgehead atoms. The van der Waals surface area contributed by atoms with Gasteiger partial charge < -0.3 is 0 Å². The second-order valence-corrected chi connectivity index (χ2v) is 11.2. The standard InChI is InChI=1S/C24H42/c1-6-17-11-13-23(4)18(15-17)7-8-19-21-10-9-20(16(2)3)24(21,5)14-12-22(19)23/h16-22H,6-15H2,1-5H3. The molecule has 0 radical (unpaired) electrons. The van der Waals surface area contributed by atoms with Crippen LogP contribution in [0.3, 0.4) is 0 Å². The van der Waals surface area contributed by atoms with E-state index in [1.165, 1.54) is 19.3 Å². The molecule has 0 aromatic carbocycles. The molecule has 0 aromatic rings. The Bertz CT molecular complexity index is 465. The predicted molar refractivity (Wildman–Crippen MR) is 104 cm³/mol. The molecule has 0 heteroatoms. The van der Waals surface area contributed by atoms with E-state index >= 15 is 0 Å². The van der Waals surface area contributed by atoms with E-state index in [1.54, 1.807) is 44.9 Å². The zero-order valence-corrected chi connectivity index (χ0v) is 17.1. The molecule has 0 heterocycles. The fraction of sp³-hybridized carbons (Fsp3) is 1.00. The molecule has 0 spiro atoms. The number of hydrogen-bond donors (Lipinski definition) is 0. The second-order valence-electron chi connectivity index (χ2n) is 11.2. The van der Waals surface area contributed by atoms with Gasteiger partial charge in [-0.2, -0.15) is 0 Å². The Morgan fingerprint density at radius 3 is 2.25 bits per heavy atom. The molecule has 24 heavy (non-hydrogen) atoms. The highest BCUT2D eigenvalue weighted by Crippen LogP contribution is 2.68. The van der Waals surface area contributed by atoms with Crippen LogP contribution in [0.4, 0.5) is 0 Å². The largest absolute Gasteiger partial charge is 0.0651 e. The number of rotatable bonds is 2. The number of hydrogen-bond acceptors (Lipinski definition) is 0. The van der Waals surface area contributed by atoms with Crippen LogP contribution in [0.1, 0.15) is 98.8 Å². The van der Waals surface area contributed by atoms with Gasteiger partial charge in [0.2, 0.25) is 0 Å². The van der Waals surface area contributed by atoms with E-state index in [0.29, 0.717) is 10.8 Å². The molecule has 0 aromatic heterocycles. The highest BCUT2D eigenvalue weighted by molar-refractivity contribution is 5.09. The summed E-state index contributed by atoms with van der Waals surface area (Å²) in [5.74, 6) is 7.21. The Morgan fingerprint density at radius 2 is 1.54 bits per heavy atom. The fourth-order valence-electron chi connectivity index (χ4n) is 8.85. The van der Waals surface area contributed by atoms with Crippen molar-refractivity contribution in [3.8, 4) is 0 Å². The van der Waals surface area contributed by atoms with Gasteiger partial charge in [0.05, 0.1) is 0 Å². The van der Waals surface area contributed by atoms with Crippen molar-refractivity contribution in [2.24, 2.45) is 52.3 Å². The first-order valence-corrected chi connectivity index (χ1v) is 11.4.